The quantitative estimate of drug-likeness (QED) is 0.513. The molecule has 80 valence electrons. The second-order valence-electron chi connectivity index (χ2n) is 4.43. The molecule has 0 aliphatic heterocycles. The lowest BCUT2D eigenvalue weighted by atomic mass is 9.77. The van der Waals surface area contributed by atoms with E-state index in [1.54, 1.807) is 0 Å². The van der Waals surface area contributed by atoms with Crippen LogP contribution in [0.15, 0.2) is 5.10 Å². The molecule has 4 nitrogen and oxygen atoms in total. The number of nitrogens with one attached hydrogen (secondary N) is 1. The van der Waals surface area contributed by atoms with E-state index in [1.807, 2.05) is 6.21 Å². The fourth-order valence-corrected chi connectivity index (χ4v) is 2.34. The molecular formula is C10H19N3O. The van der Waals surface area contributed by atoms with Gasteiger partial charge in [0.1, 0.15) is 0 Å². The molecule has 1 saturated carbocycles. The summed E-state index contributed by atoms with van der Waals surface area (Å²) in [5.41, 5.74) is 7.13. The molecule has 0 saturated heterocycles. The second kappa shape index (κ2) is 4.98. The van der Waals surface area contributed by atoms with E-state index in [9.17, 15) is 4.79 Å². The van der Waals surface area contributed by atoms with Crippen LogP contribution in [0.4, 0.5) is 4.79 Å². The number of hydrazone groups is 1. The molecule has 0 bridgehead atoms. The van der Waals surface area contributed by atoms with Gasteiger partial charge in [0.15, 0.2) is 0 Å². The van der Waals surface area contributed by atoms with E-state index in [-0.39, 0.29) is 0 Å². The smallest absolute Gasteiger partial charge is 0.332 e. The number of urea groups is 1. The summed E-state index contributed by atoms with van der Waals surface area (Å²) in [6.07, 6.45) is 5.44. The zero-order chi connectivity index (χ0) is 10.6. The van der Waals surface area contributed by atoms with E-state index in [0.717, 1.165) is 24.7 Å². The summed E-state index contributed by atoms with van der Waals surface area (Å²) in [7, 11) is 0. The lowest BCUT2D eigenvalue weighted by molar-refractivity contribution is 0.249. The minimum Gasteiger partial charge on any atom is -0.350 e. The number of nitrogens with two attached hydrogens (primary N) is 1. The highest BCUT2D eigenvalue weighted by Crippen LogP contribution is 2.31. The highest BCUT2D eigenvalue weighted by molar-refractivity contribution is 5.73. The minimum absolute atomic E-state index is 0.487. The van der Waals surface area contributed by atoms with Crippen molar-refractivity contribution in [3.8, 4) is 0 Å². The van der Waals surface area contributed by atoms with Gasteiger partial charge < -0.3 is 5.73 Å². The zero-order valence-corrected chi connectivity index (χ0v) is 8.86. The van der Waals surface area contributed by atoms with Gasteiger partial charge in [-0.1, -0.05) is 13.8 Å². The molecule has 0 aromatic heterocycles. The monoisotopic (exact) mass is 197 g/mol. The van der Waals surface area contributed by atoms with Gasteiger partial charge in [-0.15, -0.1) is 0 Å². The largest absolute Gasteiger partial charge is 0.350 e. The Bertz CT molecular complexity index is 217. The van der Waals surface area contributed by atoms with Crippen LogP contribution in [0.1, 0.15) is 33.1 Å². The highest BCUT2D eigenvalue weighted by atomic mass is 16.2. The number of nitrogens with zero attached hydrogens (tertiary/aromatic N) is 1. The van der Waals surface area contributed by atoms with E-state index in [2.05, 4.69) is 24.4 Å². The van der Waals surface area contributed by atoms with Crippen LogP contribution >= 0.6 is 0 Å². The molecule has 0 heterocycles. The first-order chi connectivity index (χ1) is 6.58. The standard InChI is InChI=1S/C10H19N3O/c1-7-3-8(2)5-9(4-7)6-12-13-10(11)14/h6-9H,3-5H2,1-2H3,(H3,11,13,14)/b12-6+. The van der Waals surface area contributed by atoms with Gasteiger partial charge in [-0.05, 0) is 37.0 Å². The average molecular weight is 197 g/mol. The van der Waals surface area contributed by atoms with Crippen LogP contribution in [-0.2, 0) is 0 Å². The van der Waals surface area contributed by atoms with Crippen molar-refractivity contribution in [1.82, 2.24) is 5.43 Å². The molecule has 1 aliphatic rings. The topological polar surface area (TPSA) is 67.5 Å². The first-order valence-corrected chi connectivity index (χ1v) is 5.16. The third kappa shape index (κ3) is 3.77. The zero-order valence-electron chi connectivity index (χ0n) is 8.86. The average Bonchev–Trinajstić information content (AvgIpc) is 2.01. The molecule has 1 fully saturated rings. The third-order valence-corrected chi connectivity index (χ3v) is 2.68. The minimum atomic E-state index is -0.599. The number of carbonyl (C=O) groups excluding carboxylic acids is 1. The summed E-state index contributed by atoms with van der Waals surface area (Å²) in [4.78, 5) is 10.4. The number of carbonyl (C=O) groups is 1. The highest BCUT2D eigenvalue weighted by Gasteiger charge is 2.22. The van der Waals surface area contributed by atoms with Crippen LogP contribution in [0.3, 0.4) is 0 Å². The van der Waals surface area contributed by atoms with Crippen molar-refractivity contribution in [1.29, 1.82) is 0 Å². The molecule has 1 aliphatic carbocycles. The summed E-state index contributed by atoms with van der Waals surface area (Å²) in [5, 5.41) is 3.81. The van der Waals surface area contributed by atoms with Crippen LogP contribution in [0.2, 0.25) is 0 Å². The maximum Gasteiger partial charge on any atom is 0.332 e. The Labute approximate surface area is 84.9 Å². The Kier molecular flexibility index (Phi) is 3.92. The maximum absolute atomic E-state index is 10.4. The van der Waals surface area contributed by atoms with E-state index < -0.39 is 6.03 Å². The summed E-state index contributed by atoms with van der Waals surface area (Å²) >= 11 is 0. The molecule has 4 heteroatoms. The lowest BCUT2D eigenvalue weighted by Crippen LogP contribution is -2.26. The van der Waals surface area contributed by atoms with Gasteiger partial charge in [0, 0.05) is 6.21 Å². The van der Waals surface area contributed by atoms with Crippen molar-refractivity contribution in [2.75, 3.05) is 0 Å². The Balaban J connectivity index is 2.36. The molecule has 0 radical (unpaired) electrons. The molecule has 2 atom stereocenters. The van der Waals surface area contributed by atoms with Crippen LogP contribution in [0, 0.1) is 17.8 Å². The third-order valence-electron chi connectivity index (χ3n) is 2.68. The number of hydrogen-bond donors (Lipinski definition) is 2. The normalized spacial score (nSPS) is 33.1. The predicted octanol–water partition coefficient (Wildman–Crippen LogP) is 1.71. The first kappa shape index (κ1) is 11.0. The van der Waals surface area contributed by atoms with Crippen LogP contribution in [0.25, 0.3) is 0 Å². The molecule has 3 N–H and O–H groups in total. The Hall–Kier alpha value is -1.06. The second-order valence-corrected chi connectivity index (χ2v) is 4.43. The van der Waals surface area contributed by atoms with Crippen molar-refractivity contribution >= 4 is 12.2 Å². The van der Waals surface area contributed by atoms with Crippen molar-refractivity contribution in [2.45, 2.75) is 33.1 Å². The van der Waals surface area contributed by atoms with Crippen LogP contribution < -0.4 is 11.2 Å². The molecule has 0 spiro atoms. The Morgan fingerprint density at radius 3 is 2.43 bits per heavy atom. The maximum atomic E-state index is 10.4. The van der Waals surface area contributed by atoms with Gasteiger partial charge in [-0.3, -0.25) is 0 Å². The van der Waals surface area contributed by atoms with Crippen molar-refractivity contribution in [3.63, 3.8) is 0 Å². The number of hydrogen-bond acceptors (Lipinski definition) is 2. The van der Waals surface area contributed by atoms with Gasteiger partial charge in [0.25, 0.3) is 0 Å². The molecule has 2 amide bonds. The number of rotatable bonds is 2. The van der Waals surface area contributed by atoms with Gasteiger partial charge in [0.05, 0.1) is 0 Å². The Morgan fingerprint density at radius 1 is 1.36 bits per heavy atom. The fraction of sp³-hybridized carbons (Fsp3) is 0.800. The van der Waals surface area contributed by atoms with E-state index in [1.165, 1.54) is 6.42 Å². The van der Waals surface area contributed by atoms with Crippen molar-refractivity contribution < 1.29 is 4.79 Å². The van der Waals surface area contributed by atoms with E-state index in [4.69, 9.17) is 5.73 Å². The molecule has 2 unspecified atom stereocenters. The molecule has 1 rings (SSSR count). The SMILES string of the molecule is CC1CC(C)CC(/C=N/NC(N)=O)C1. The Morgan fingerprint density at radius 2 is 1.93 bits per heavy atom. The summed E-state index contributed by atoms with van der Waals surface area (Å²) in [6, 6.07) is -0.599. The van der Waals surface area contributed by atoms with Crippen molar-refractivity contribution in [3.05, 3.63) is 0 Å². The predicted molar refractivity (Wildman–Crippen MR) is 56.9 cm³/mol. The van der Waals surface area contributed by atoms with Gasteiger partial charge in [0.2, 0.25) is 0 Å². The van der Waals surface area contributed by atoms with Crippen LogP contribution in [0.5, 0.6) is 0 Å². The summed E-state index contributed by atoms with van der Waals surface area (Å²) in [5.74, 6) is 1.99. The summed E-state index contributed by atoms with van der Waals surface area (Å²) in [6.45, 7) is 4.52. The summed E-state index contributed by atoms with van der Waals surface area (Å²) < 4.78 is 0. The number of primary amides is 1. The van der Waals surface area contributed by atoms with Gasteiger partial charge in [-0.25, -0.2) is 10.2 Å². The fourth-order valence-electron chi connectivity index (χ4n) is 2.34. The van der Waals surface area contributed by atoms with E-state index >= 15 is 0 Å². The molecule has 0 aromatic rings. The van der Waals surface area contributed by atoms with E-state index in [0.29, 0.717) is 5.92 Å². The van der Waals surface area contributed by atoms with Crippen molar-refractivity contribution in [2.24, 2.45) is 28.6 Å². The lowest BCUT2D eigenvalue weighted by Gasteiger charge is -2.28. The first-order valence-electron chi connectivity index (χ1n) is 5.16. The number of amides is 2. The molecule has 14 heavy (non-hydrogen) atoms. The van der Waals surface area contributed by atoms with Gasteiger partial charge in [-0.2, -0.15) is 5.10 Å². The molecule has 0 aromatic carbocycles. The molecular weight excluding hydrogens is 178 g/mol. The van der Waals surface area contributed by atoms with Gasteiger partial charge >= 0.3 is 6.03 Å². The van der Waals surface area contributed by atoms with Crippen LogP contribution in [-0.4, -0.2) is 12.2 Å².